The molecule has 3 heterocycles. The van der Waals surface area contributed by atoms with Crippen molar-refractivity contribution < 1.29 is 9.53 Å². The zero-order chi connectivity index (χ0) is 23.9. The van der Waals surface area contributed by atoms with Crippen LogP contribution in [0.3, 0.4) is 0 Å². The molecule has 1 fully saturated rings. The number of fused-ring (bicyclic) bond motifs is 3. The summed E-state index contributed by atoms with van der Waals surface area (Å²) in [5.41, 5.74) is 1.24. The van der Waals surface area contributed by atoms with Crippen LogP contribution >= 0.6 is 23.1 Å². The minimum Gasteiger partial charge on any atom is -0.376 e. The van der Waals surface area contributed by atoms with Gasteiger partial charge in [-0.1, -0.05) is 18.7 Å². The first-order chi connectivity index (χ1) is 15.7. The third-order valence-corrected chi connectivity index (χ3v) is 9.01. The molecule has 0 spiro atoms. The van der Waals surface area contributed by atoms with Crippen LogP contribution in [0.2, 0.25) is 0 Å². The highest BCUT2D eigenvalue weighted by Gasteiger charge is 2.30. The number of thioether (sulfide) groups is 1. The van der Waals surface area contributed by atoms with Gasteiger partial charge >= 0.3 is 0 Å². The number of hydrogen-bond donors (Lipinski definition) is 0. The minimum atomic E-state index is -0.329. The molecular formula is C25H37N3O3S2. The van der Waals surface area contributed by atoms with E-state index in [-0.39, 0.29) is 34.9 Å². The molecule has 2 aromatic rings. The summed E-state index contributed by atoms with van der Waals surface area (Å²) in [5, 5.41) is 1.11. The summed E-state index contributed by atoms with van der Waals surface area (Å²) in [5.74, 6) is 0.728. The summed E-state index contributed by atoms with van der Waals surface area (Å²) >= 11 is 3.08. The van der Waals surface area contributed by atoms with Crippen molar-refractivity contribution in [3.05, 3.63) is 20.8 Å². The predicted octanol–water partition coefficient (Wildman–Crippen LogP) is 4.89. The first-order valence-corrected chi connectivity index (χ1v) is 14.0. The normalized spacial score (nSPS) is 21.7. The molecule has 1 saturated heterocycles. The van der Waals surface area contributed by atoms with E-state index in [1.54, 1.807) is 15.9 Å². The van der Waals surface area contributed by atoms with Gasteiger partial charge in [0.2, 0.25) is 5.91 Å². The fraction of sp³-hybridized carbons (Fsp3) is 0.720. The number of ether oxygens (including phenoxy) is 1. The second-order valence-corrected chi connectivity index (χ2v) is 12.6. The molecule has 6 nitrogen and oxygen atoms in total. The first kappa shape index (κ1) is 24.7. The summed E-state index contributed by atoms with van der Waals surface area (Å²) in [6, 6.07) is 0.243. The predicted molar refractivity (Wildman–Crippen MR) is 136 cm³/mol. The zero-order valence-electron chi connectivity index (χ0n) is 20.7. The smallest absolute Gasteiger partial charge is 0.263 e. The number of hydrogen-bond acceptors (Lipinski definition) is 6. The minimum absolute atomic E-state index is 0.0321. The van der Waals surface area contributed by atoms with Crippen LogP contribution in [0.1, 0.15) is 71.2 Å². The van der Waals surface area contributed by atoms with Crippen molar-refractivity contribution in [1.29, 1.82) is 0 Å². The molecule has 0 N–H and O–H groups in total. The van der Waals surface area contributed by atoms with Crippen molar-refractivity contribution in [2.24, 2.45) is 5.92 Å². The quantitative estimate of drug-likeness (QED) is 0.408. The van der Waals surface area contributed by atoms with Crippen LogP contribution in [0.5, 0.6) is 0 Å². The number of thiophene rings is 1. The average molecular weight is 492 g/mol. The molecule has 8 heteroatoms. The van der Waals surface area contributed by atoms with Gasteiger partial charge in [0.25, 0.3) is 5.56 Å². The fourth-order valence-electron chi connectivity index (χ4n) is 5.17. The van der Waals surface area contributed by atoms with Gasteiger partial charge in [0, 0.05) is 23.6 Å². The van der Waals surface area contributed by atoms with E-state index in [4.69, 9.17) is 9.72 Å². The molecule has 3 atom stereocenters. The first-order valence-electron chi connectivity index (χ1n) is 12.3. The Labute approximate surface area is 205 Å². The Kier molecular flexibility index (Phi) is 7.56. The summed E-state index contributed by atoms with van der Waals surface area (Å²) in [6.07, 6.45) is 5.10. The number of aromatic nitrogens is 2. The van der Waals surface area contributed by atoms with E-state index in [2.05, 4.69) is 6.92 Å². The molecular weight excluding hydrogens is 454 g/mol. The largest absolute Gasteiger partial charge is 0.376 e. The Morgan fingerprint density at radius 3 is 2.61 bits per heavy atom. The van der Waals surface area contributed by atoms with E-state index in [0.29, 0.717) is 17.6 Å². The van der Waals surface area contributed by atoms with Crippen LogP contribution in [-0.4, -0.2) is 50.4 Å². The molecule has 1 aliphatic carbocycles. The number of carbonyl (C=O) groups excluding carboxylic acids is 1. The Morgan fingerprint density at radius 1 is 1.24 bits per heavy atom. The lowest BCUT2D eigenvalue weighted by Crippen LogP contribution is -2.45. The second kappa shape index (κ2) is 10.1. The van der Waals surface area contributed by atoms with Gasteiger partial charge in [-0.25, -0.2) is 4.98 Å². The van der Waals surface area contributed by atoms with Gasteiger partial charge in [-0.05, 0) is 78.2 Å². The third kappa shape index (κ3) is 5.03. The SMILES string of the molecule is CC1CCc2c(sc3nc(SC(C)C(=O)N(C(C)C)C(C)C)n(CC4CCCO4)c(=O)c23)C1. The number of carbonyl (C=O) groups is 1. The van der Waals surface area contributed by atoms with Crippen LogP contribution in [0.15, 0.2) is 9.95 Å². The Morgan fingerprint density at radius 2 is 1.97 bits per heavy atom. The zero-order valence-corrected chi connectivity index (χ0v) is 22.4. The Bertz CT molecular complexity index is 1060. The van der Waals surface area contributed by atoms with Crippen molar-refractivity contribution >= 4 is 39.2 Å². The fourth-order valence-corrected chi connectivity index (χ4v) is 7.57. The van der Waals surface area contributed by atoms with E-state index < -0.39 is 0 Å². The monoisotopic (exact) mass is 491 g/mol. The lowest BCUT2D eigenvalue weighted by atomic mass is 9.89. The van der Waals surface area contributed by atoms with Gasteiger partial charge < -0.3 is 9.64 Å². The number of aryl methyl sites for hydroxylation is 1. The van der Waals surface area contributed by atoms with Crippen LogP contribution in [-0.2, 0) is 28.9 Å². The summed E-state index contributed by atoms with van der Waals surface area (Å²) in [4.78, 5) is 36.2. The standard InChI is InChI=1S/C25H37N3O3S2/c1-14(2)28(15(3)4)23(29)17(6)32-25-26-22-21(19-10-9-16(5)12-20(19)33-22)24(30)27(25)13-18-8-7-11-31-18/h14-18H,7-13H2,1-6H3. The molecule has 33 heavy (non-hydrogen) atoms. The molecule has 0 saturated carbocycles. The second-order valence-electron chi connectivity index (χ2n) is 10.2. The van der Waals surface area contributed by atoms with Crippen LogP contribution in [0.4, 0.5) is 0 Å². The van der Waals surface area contributed by atoms with Crippen molar-refractivity contribution in [3.63, 3.8) is 0 Å². The molecule has 0 bridgehead atoms. The number of nitrogens with zero attached hydrogens (tertiary/aromatic N) is 3. The van der Waals surface area contributed by atoms with Crippen LogP contribution in [0.25, 0.3) is 10.2 Å². The van der Waals surface area contributed by atoms with Crippen molar-refractivity contribution in [3.8, 4) is 0 Å². The maximum absolute atomic E-state index is 13.8. The van der Waals surface area contributed by atoms with E-state index in [1.165, 1.54) is 22.2 Å². The molecule has 1 amide bonds. The van der Waals surface area contributed by atoms with Gasteiger partial charge in [-0.15, -0.1) is 11.3 Å². The maximum atomic E-state index is 13.8. The topological polar surface area (TPSA) is 64.4 Å². The van der Waals surface area contributed by atoms with Crippen LogP contribution < -0.4 is 5.56 Å². The molecule has 4 rings (SSSR count). The highest BCUT2D eigenvalue weighted by molar-refractivity contribution is 8.00. The average Bonchev–Trinajstić information content (AvgIpc) is 3.37. The van der Waals surface area contributed by atoms with Gasteiger partial charge in [-0.3, -0.25) is 14.2 Å². The summed E-state index contributed by atoms with van der Waals surface area (Å²) in [7, 11) is 0. The molecule has 3 unspecified atom stereocenters. The lowest BCUT2D eigenvalue weighted by Gasteiger charge is -2.33. The highest BCUT2D eigenvalue weighted by atomic mass is 32.2. The Balaban J connectivity index is 1.74. The highest BCUT2D eigenvalue weighted by Crippen LogP contribution is 2.37. The molecule has 0 aromatic carbocycles. The number of rotatable bonds is 7. The van der Waals surface area contributed by atoms with E-state index in [0.717, 1.165) is 48.9 Å². The summed E-state index contributed by atoms with van der Waals surface area (Å²) in [6.45, 7) is 13.6. The van der Waals surface area contributed by atoms with Gasteiger partial charge in [0.1, 0.15) is 4.83 Å². The van der Waals surface area contributed by atoms with Crippen molar-refractivity contribution in [1.82, 2.24) is 14.5 Å². The maximum Gasteiger partial charge on any atom is 0.263 e. The van der Waals surface area contributed by atoms with Gasteiger partial charge in [0.05, 0.1) is 23.3 Å². The van der Waals surface area contributed by atoms with Gasteiger partial charge in [0.15, 0.2) is 5.16 Å². The molecule has 1 aliphatic heterocycles. The lowest BCUT2D eigenvalue weighted by molar-refractivity contribution is -0.133. The Hall–Kier alpha value is -1.38. The van der Waals surface area contributed by atoms with E-state index >= 15 is 0 Å². The van der Waals surface area contributed by atoms with Crippen molar-refractivity contribution in [2.45, 2.75) is 109 Å². The van der Waals surface area contributed by atoms with E-state index in [9.17, 15) is 9.59 Å². The molecule has 2 aromatic heterocycles. The molecule has 2 aliphatic rings. The third-order valence-electron chi connectivity index (χ3n) is 6.79. The van der Waals surface area contributed by atoms with E-state index in [1.807, 2.05) is 39.5 Å². The molecule has 182 valence electrons. The van der Waals surface area contributed by atoms with Crippen LogP contribution in [0, 0.1) is 5.92 Å². The summed E-state index contributed by atoms with van der Waals surface area (Å²) < 4.78 is 7.67. The number of amides is 1. The molecule has 0 radical (unpaired) electrons. The van der Waals surface area contributed by atoms with Crippen molar-refractivity contribution in [2.75, 3.05) is 6.61 Å². The van der Waals surface area contributed by atoms with Gasteiger partial charge in [-0.2, -0.15) is 0 Å².